The molecule has 8 heteroatoms. The van der Waals surface area contributed by atoms with Crippen molar-refractivity contribution in [1.82, 2.24) is 19.8 Å². The second-order valence-electron chi connectivity index (χ2n) is 4.56. The van der Waals surface area contributed by atoms with Gasteiger partial charge in [0.1, 0.15) is 5.01 Å². The molecule has 0 unspecified atom stereocenters. The summed E-state index contributed by atoms with van der Waals surface area (Å²) in [7, 11) is 0. The molecule has 1 aromatic carbocycles. The Hall–Kier alpha value is -1.99. The zero-order chi connectivity index (χ0) is 15.0. The molecule has 2 aromatic heterocycles. The first-order valence-corrected chi connectivity index (χ1v) is 7.44. The van der Waals surface area contributed by atoms with Gasteiger partial charge in [-0.3, -0.25) is 0 Å². The number of nitrogens with zero attached hydrogens (tertiary/aromatic N) is 4. The minimum absolute atomic E-state index is 0.0632. The molecular weight excluding hydrogens is 312 g/mol. The van der Waals surface area contributed by atoms with Crippen LogP contribution >= 0.6 is 22.9 Å². The summed E-state index contributed by atoms with van der Waals surface area (Å²) < 4.78 is 6.50. The zero-order valence-corrected chi connectivity index (χ0v) is 12.9. The van der Waals surface area contributed by atoms with E-state index in [1.165, 1.54) is 15.9 Å². The molecule has 0 spiro atoms. The van der Waals surface area contributed by atoms with Gasteiger partial charge in [-0.25, -0.2) is 4.79 Å². The molecule has 0 aliphatic rings. The third kappa shape index (κ3) is 2.62. The number of halogens is 1. The Morgan fingerprint density at radius 3 is 2.81 bits per heavy atom. The largest absolute Gasteiger partial charge is 0.457 e. The molecule has 6 nitrogen and oxygen atoms in total. The number of hydrogen-bond donors (Lipinski definition) is 0. The SMILES string of the molecule is CC(C)OC(=O)c1nnc2sc(-c3ccccc3Cl)nn12. The molecule has 2 heterocycles. The minimum atomic E-state index is -0.548. The van der Waals surface area contributed by atoms with E-state index in [4.69, 9.17) is 16.3 Å². The average Bonchev–Trinajstić information content (AvgIpc) is 2.97. The quantitative estimate of drug-likeness (QED) is 0.693. The molecule has 21 heavy (non-hydrogen) atoms. The van der Waals surface area contributed by atoms with Crippen molar-refractivity contribution in [2.24, 2.45) is 0 Å². The van der Waals surface area contributed by atoms with Crippen molar-refractivity contribution in [2.75, 3.05) is 0 Å². The van der Waals surface area contributed by atoms with E-state index in [0.29, 0.717) is 15.0 Å². The predicted molar refractivity (Wildman–Crippen MR) is 79.7 cm³/mol. The van der Waals surface area contributed by atoms with Crippen molar-refractivity contribution >= 4 is 33.9 Å². The molecule has 0 fully saturated rings. The van der Waals surface area contributed by atoms with E-state index in [-0.39, 0.29) is 11.9 Å². The van der Waals surface area contributed by atoms with Crippen molar-refractivity contribution in [2.45, 2.75) is 20.0 Å². The summed E-state index contributed by atoms with van der Waals surface area (Å²) in [5.74, 6) is -0.484. The van der Waals surface area contributed by atoms with E-state index in [1.54, 1.807) is 19.9 Å². The topological polar surface area (TPSA) is 69.4 Å². The fourth-order valence-electron chi connectivity index (χ4n) is 1.75. The molecule has 0 bridgehead atoms. The van der Waals surface area contributed by atoms with Crippen molar-refractivity contribution in [3.8, 4) is 10.6 Å². The third-order valence-corrected chi connectivity index (χ3v) is 3.88. The first kappa shape index (κ1) is 14.0. The van der Waals surface area contributed by atoms with Crippen LogP contribution in [0.25, 0.3) is 15.5 Å². The number of carbonyl (C=O) groups is 1. The molecule has 0 aliphatic carbocycles. The Balaban J connectivity index is 2.04. The molecule has 0 radical (unpaired) electrons. The lowest BCUT2D eigenvalue weighted by atomic mass is 10.2. The van der Waals surface area contributed by atoms with Crippen molar-refractivity contribution in [3.05, 3.63) is 35.1 Å². The van der Waals surface area contributed by atoms with Crippen LogP contribution in [0, 0.1) is 0 Å². The number of carbonyl (C=O) groups excluding carboxylic acids is 1. The molecule has 0 aliphatic heterocycles. The predicted octanol–water partition coefficient (Wildman–Crippen LogP) is 3.07. The molecular formula is C13H11ClN4O2S. The van der Waals surface area contributed by atoms with Gasteiger partial charge in [-0.1, -0.05) is 41.1 Å². The Morgan fingerprint density at radius 1 is 1.33 bits per heavy atom. The maximum atomic E-state index is 11.9. The number of esters is 1. The summed E-state index contributed by atoms with van der Waals surface area (Å²) in [6.45, 7) is 3.54. The average molecular weight is 323 g/mol. The van der Waals surface area contributed by atoms with E-state index in [2.05, 4.69) is 15.3 Å². The van der Waals surface area contributed by atoms with Gasteiger partial charge in [0, 0.05) is 5.56 Å². The first-order valence-electron chi connectivity index (χ1n) is 6.24. The van der Waals surface area contributed by atoms with Gasteiger partial charge in [-0.15, -0.1) is 10.2 Å². The highest BCUT2D eigenvalue weighted by Gasteiger charge is 2.21. The van der Waals surface area contributed by atoms with Gasteiger partial charge >= 0.3 is 5.97 Å². The van der Waals surface area contributed by atoms with Crippen molar-refractivity contribution in [3.63, 3.8) is 0 Å². The highest BCUT2D eigenvalue weighted by molar-refractivity contribution is 7.19. The van der Waals surface area contributed by atoms with Gasteiger partial charge in [0.05, 0.1) is 11.1 Å². The van der Waals surface area contributed by atoms with E-state index in [1.807, 2.05) is 18.2 Å². The zero-order valence-electron chi connectivity index (χ0n) is 11.3. The number of fused-ring (bicyclic) bond motifs is 1. The fourth-order valence-corrected chi connectivity index (χ4v) is 2.91. The van der Waals surface area contributed by atoms with Gasteiger partial charge in [0.25, 0.3) is 5.82 Å². The van der Waals surface area contributed by atoms with Crippen molar-refractivity contribution < 1.29 is 9.53 Å². The van der Waals surface area contributed by atoms with Gasteiger partial charge in [0.2, 0.25) is 4.96 Å². The summed E-state index contributed by atoms with van der Waals surface area (Å²) in [5.41, 5.74) is 0.790. The Morgan fingerprint density at radius 2 is 2.10 bits per heavy atom. The molecule has 0 N–H and O–H groups in total. The third-order valence-electron chi connectivity index (χ3n) is 2.62. The number of benzene rings is 1. The molecule has 0 atom stereocenters. The lowest BCUT2D eigenvalue weighted by Crippen LogP contribution is -2.15. The number of ether oxygens (including phenoxy) is 1. The van der Waals surface area contributed by atoms with Crippen LogP contribution in [0.2, 0.25) is 5.02 Å². The molecule has 108 valence electrons. The van der Waals surface area contributed by atoms with Gasteiger partial charge < -0.3 is 4.74 Å². The Kier molecular flexibility index (Phi) is 3.60. The lowest BCUT2D eigenvalue weighted by molar-refractivity contribution is 0.0360. The highest BCUT2D eigenvalue weighted by atomic mass is 35.5. The second kappa shape index (κ2) is 5.42. The van der Waals surface area contributed by atoms with E-state index in [9.17, 15) is 4.79 Å². The van der Waals surface area contributed by atoms with Crippen LogP contribution in [-0.2, 0) is 4.74 Å². The second-order valence-corrected chi connectivity index (χ2v) is 5.92. The van der Waals surface area contributed by atoms with Crippen LogP contribution < -0.4 is 0 Å². The van der Waals surface area contributed by atoms with E-state index < -0.39 is 5.97 Å². The summed E-state index contributed by atoms with van der Waals surface area (Å²) in [4.78, 5) is 12.5. The standard InChI is InChI=1S/C13H11ClN4O2S/c1-7(2)20-12(19)10-15-16-13-18(10)17-11(21-13)8-5-3-4-6-9(8)14/h3-7H,1-2H3. The maximum Gasteiger partial charge on any atom is 0.378 e. The highest BCUT2D eigenvalue weighted by Crippen LogP contribution is 2.31. The smallest absolute Gasteiger partial charge is 0.378 e. The molecule has 3 aromatic rings. The maximum absolute atomic E-state index is 11.9. The van der Waals surface area contributed by atoms with Crippen LogP contribution in [0.3, 0.4) is 0 Å². The molecule has 3 rings (SSSR count). The van der Waals surface area contributed by atoms with Gasteiger partial charge in [0.15, 0.2) is 0 Å². The summed E-state index contributed by atoms with van der Waals surface area (Å²) in [5, 5.41) is 13.4. The van der Waals surface area contributed by atoms with Crippen LogP contribution in [0.1, 0.15) is 24.5 Å². The van der Waals surface area contributed by atoms with Crippen LogP contribution in [0.5, 0.6) is 0 Å². The van der Waals surface area contributed by atoms with Gasteiger partial charge in [-0.05, 0) is 19.9 Å². The monoisotopic (exact) mass is 322 g/mol. The van der Waals surface area contributed by atoms with E-state index in [0.717, 1.165) is 5.56 Å². The Labute approximate surface area is 129 Å². The molecule has 0 saturated heterocycles. The number of aromatic nitrogens is 4. The van der Waals surface area contributed by atoms with Gasteiger partial charge in [-0.2, -0.15) is 9.61 Å². The molecule has 0 saturated carbocycles. The fraction of sp³-hybridized carbons (Fsp3) is 0.231. The Bertz CT molecular complexity index is 811. The normalized spacial score (nSPS) is 11.2. The van der Waals surface area contributed by atoms with E-state index >= 15 is 0 Å². The minimum Gasteiger partial charge on any atom is -0.457 e. The summed E-state index contributed by atoms with van der Waals surface area (Å²) in [6.07, 6.45) is -0.230. The lowest BCUT2D eigenvalue weighted by Gasteiger charge is -2.04. The number of hydrogen-bond acceptors (Lipinski definition) is 6. The molecule has 0 amide bonds. The number of rotatable bonds is 3. The van der Waals surface area contributed by atoms with Crippen molar-refractivity contribution in [1.29, 1.82) is 0 Å². The summed E-state index contributed by atoms with van der Waals surface area (Å²) in [6, 6.07) is 7.36. The van der Waals surface area contributed by atoms with Crippen LogP contribution in [0.4, 0.5) is 0 Å². The first-order chi connectivity index (χ1) is 10.1. The van der Waals surface area contributed by atoms with Crippen LogP contribution in [0.15, 0.2) is 24.3 Å². The van der Waals surface area contributed by atoms with Crippen LogP contribution in [-0.4, -0.2) is 31.9 Å². The summed E-state index contributed by atoms with van der Waals surface area (Å²) >= 11 is 7.46.